The summed E-state index contributed by atoms with van der Waals surface area (Å²) in [7, 11) is 0. The van der Waals surface area contributed by atoms with Gasteiger partial charge in [0, 0.05) is 17.7 Å². The number of carbonyl (C=O) groups is 1. The van der Waals surface area contributed by atoms with Crippen LogP contribution < -0.4 is 5.32 Å². The van der Waals surface area contributed by atoms with E-state index in [0.29, 0.717) is 11.7 Å². The molecule has 1 unspecified atom stereocenters. The van der Waals surface area contributed by atoms with Crippen LogP contribution in [0, 0.1) is 0 Å². The first-order valence-electron chi connectivity index (χ1n) is 10.5. The lowest BCUT2D eigenvalue weighted by atomic mass is 10.0. The number of thioether (sulfide) groups is 1. The van der Waals surface area contributed by atoms with Crippen LogP contribution in [0.1, 0.15) is 12.5 Å². The number of aromatic nitrogens is 3. The molecule has 4 rings (SSSR count). The number of hydrogen-bond donors (Lipinski definition) is 1. The molecule has 6 heteroatoms. The van der Waals surface area contributed by atoms with Crippen LogP contribution in [-0.2, 0) is 11.2 Å². The van der Waals surface area contributed by atoms with Crippen LogP contribution in [0.3, 0.4) is 0 Å². The molecule has 0 aliphatic rings. The Morgan fingerprint density at radius 2 is 1.38 bits per heavy atom. The summed E-state index contributed by atoms with van der Waals surface area (Å²) in [6.45, 7) is 2.45. The molecule has 0 spiro atoms. The molecule has 3 aromatic carbocycles. The maximum Gasteiger partial charge on any atom is 0.233 e. The maximum atomic E-state index is 12.6. The first-order chi connectivity index (χ1) is 15.7. The number of carbonyl (C=O) groups excluding carboxylic acids is 1. The minimum atomic E-state index is -0.334. The van der Waals surface area contributed by atoms with E-state index in [9.17, 15) is 4.79 Å². The molecule has 1 amide bonds. The van der Waals surface area contributed by atoms with Gasteiger partial charge in [0.1, 0.15) is 11.4 Å². The normalized spacial score (nSPS) is 11.7. The van der Waals surface area contributed by atoms with E-state index >= 15 is 0 Å². The zero-order chi connectivity index (χ0) is 22.2. The van der Waals surface area contributed by atoms with Gasteiger partial charge in [0.15, 0.2) is 0 Å². The van der Waals surface area contributed by atoms with Gasteiger partial charge in [0.25, 0.3) is 0 Å². The third-order valence-electron chi connectivity index (χ3n) is 4.97. The maximum absolute atomic E-state index is 12.6. The molecule has 4 aromatic rings. The zero-order valence-corrected chi connectivity index (χ0v) is 18.6. The molecule has 0 radical (unpaired) electrons. The van der Waals surface area contributed by atoms with E-state index in [1.54, 1.807) is 0 Å². The number of nitrogens with one attached hydrogen (secondary N) is 1. The summed E-state index contributed by atoms with van der Waals surface area (Å²) < 4.78 is 0. The van der Waals surface area contributed by atoms with Gasteiger partial charge in [-0.2, -0.15) is 0 Å². The summed E-state index contributed by atoms with van der Waals surface area (Å²) in [5, 5.41) is 11.9. The Balaban J connectivity index is 1.48. The van der Waals surface area contributed by atoms with Crippen molar-refractivity contribution in [1.29, 1.82) is 0 Å². The number of nitrogens with zero attached hydrogens (tertiary/aromatic N) is 3. The number of hydrogen-bond acceptors (Lipinski definition) is 5. The largest absolute Gasteiger partial charge is 0.355 e. The Labute approximate surface area is 192 Å². The fourth-order valence-electron chi connectivity index (χ4n) is 3.28. The quantitative estimate of drug-likeness (QED) is 0.389. The summed E-state index contributed by atoms with van der Waals surface area (Å²) in [6.07, 6.45) is 0.798. The molecule has 1 atom stereocenters. The topological polar surface area (TPSA) is 67.8 Å². The Hall–Kier alpha value is -3.51. The van der Waals surface area contributed by atoms with E-state index in [1.165, 1.54) is 17.3 Å². The minimum absolute atomic E-state index is 0.0390. The average molecular weight is 441 g/mol. The van der Waals surface area contributed by atoms with Crippen molar-refractivity contribution in [2.45, 2.75) is 23.8 Å². The molecule has 0 fully saturated rings. The average Bonchev–Trinajstić information content (AvgIpc) is 2.85. The van der Waals surface area contributed by atoms with Crippen molar-refractivity contribution in [2.75, 3.05) is 6.54 Å². The van der Waals surface area contributed by atoms with Crippen molar-refractivity contribution in [3.05, 3.63) is 96.6 Å². The minimum Gasteiger partial charge on any atom is -0.355 e. The predicted octanol–water partition coefficient (Wildman–Crippen LogP) is 5.05. The van der Waals surface area contributed by atoms with E-state index in [2.05, 4.69) is 27.6 Å². The van der Waals surface area contributed by atoms with Gasteiger partial charge in [-0.15, -0.1) is 10.2 Å². The molecule has 1 N–H and O–H groups in total. The van der Waals surface area contributed by atoms with Crippen molar-refractivity contribution in [3.63, 3.8) is 0 Å². The molecular weight excluding hydrogens is 416 g/mol. The van der Waals surface area contributed by atoms with Crippen molar-refractivity contribution < 1.29 is 4.79 Å². The first-order valence-corrected chi connectivity index (χ1v) is 11.4. The molecule has 160 valence electrons. The summed E-state index contributed by atoms with van der Waals surface area (Å²) >= 11 is 1.31. The van der Waals surface area contributed by atoms with E-state index in [4.69, 9.17) is 4.98 Å². The second kappa shape index (κ2) is 10.7. The molecular formula is C26H24N4OS. The van der Waals surface area contributed by atoms with Crippen molar-refractivity contribution >= 4 is 17.7 Å². The van der Waals surface area contributed by atoms with Gasteiger partial charge in [0.2, 0.25) is 11.1 Å². The fourth-order valence-corrected chi connectivity index (χ4v) is 4.02. The predicted molar refractivity (Wildman–Crippen MR) is 129 cm³/mol. The van der Waals surface area contributed by atoms with Crippen LogP contribution in [0.15, 0.2) is 96.2 Å². The van der Waals surface area contributed by atoms with Crippen molar-refractivity contribution in [3.8, 4) is 22.5 Å². The van der Waals surface area contributed by atoms with Gasteiger partial charge >= 0.3 is 0 Å². The van der Waals surface area contributed by atoms with Crippen molar-refractivity contribution in [2.24, 2.45) is 0 Å². The van der Waals surface area contributed by atoms with Crippen LogP contribution in [0.2, 0.25) is 0 Å². The highest BCUT2D eigenvalue weighted by atomic mass is 32.2. The van der Waals surface area contributed by atoms with E-state index in [-0.39, 0.29) is 11.2 Å². The fraction of sp³-hybridized carbons (Fsp3) is 0.154. The van der Waals surface area contributed by atoms with Gasteiger partial charge in [-0.1, -0.05) is 103 Å². The second-order valence-electron chi connectivity index (χ2n) is 7.31. The molecule has 1 heterocycles. The zero-order valence-electron chi connectivity index (χ0n) is 17.8. The van der Waals surface area contributed by atoms with Crippen molar-refractivity contribution in [1.82, 2.24) is 20.5 Å². The lowest BCUT2D eigenvalue weighted by molar-refractivity contribution is -0.120. The van der Waals surface area contributed by atoms with Crippen LogP contribution >= 0.6 is 11.8 Å². The smallest absolute Gasteiger partial charge is 0.233 e. The highest BCUT2D eigenvalue weighted by Crippen LogP contribution is 2.30. The van der Waals surface area contributed by atoms with Gasteiger partial charge in [-0.05, 0) is 18.9 Å². The Morgan fingerprint density at radius 3 is 2.00 bits per heavy atom. The monoisotopic (exact) mass is 440 g/mol. The molecule has 0 saturated heterocycles. The molecule has 1 aromatic heterocycles. The summed E-state index contributed by atoms with van der Waals surface area (Å²) in [6, 6.07) is 29.9. The van der Waals surface area contributed by atoms with Gasteiger partial charge in [-0.3, -0.25) is 4.79 Å². The Morgan fingerprint density at radius 1 is 0.812 bits per heavy atom. The van der Waals surface area contributed by atoms with E-state index in [1.807, 2.05) is 85.8 Å². The second-order valence-corrected chi connectivity index (χ2v) is 8.62. The standard InChI is InChI=1S/C26H24N4OS/c1-19(25(31)27-18-17-20-11-5-2-6-12-20)32-26-28-23(21-13-7-3-8-14-21)24(29-30-26)22-15-9-4-10-16-22/h2-16,19H,17-18H2,1H3,(H,27,31). The van der Waals surface area contributed by atoms with Crippen LogP contribution in [0.4, 0.5) is 0 Å². The molecule has 5 nitrogen and oxygen atoms in total. The number of rotatable bonds is 8. The molecule has 32 heavy (non-hydrogen) atoms. The lowest BCUT2D eigenvalue weighted by Crippen LogP contribution is -2.32. The van der Waals surface area contributed by atoms with Crippen LogP contribution in [0.25, 0.3) is 22.5 Å². The SMILES string of the molecule is CC(Sc1nnc(-c2ccccc2)c(-c2ccccc2)n1)C(=O)NCCc1ccccc1. The molecule has 0 saturated carbocycles. The third-order valence-corrected chi connectivity index (χ3v) is 5.92. The first kappa shape index (κ1) is 21.7. The highest BCUT2D eigenvalue weighted by molar-refractivity contribution is 8.00. The highest BCUT2D eigenvalue weighted by Gasteiger charge is 2.19. The van der Waals surface area contributed by atoms with E-state index in [0.717, 1.165) is 28.9 Å². The van der Waals surface area contributed by atoms with Crippen LogP contribution in [0.5, 0.6) is 0 Å². The van der Waals surface area contributed by atoms with E-state index < -0.39 is 0 Å². The summed E-state index contributed by atoms with van der Waals surface area (Å²) in [4.78, 5) is 17.4. The molecule has 0 aliphatic heterocycles. The Kier molecular flexibility index (Phi) is 7.25. The third kappa shape index (κ3) is 5.59. The van der Waals surface area contributed by atoms with Crippen LogP contribution in [-0.4, -0.2) is 32.9 Å². The Bertz CT molecular complexity index is 1150. The molecule has 0 aliphatic carbocycles. The molecule has 0 bridgehead atoms. The summed E-state index contributed by atoms with van der Waals surface area (Å²) in [5.74, 6) is -0.0390. The van der Waals surface area contributed by atoms with Gasteiger partial charge in [0.05, 0.1) is 5.25 Å². The number of amides is 1. The lowest BCUT2D eigenvalue weighted by Gasteiger charge is -2.13. The summed E-state index contributed by atoms with van der Waals surface area (Å²) in [5.41, 5.74) is 4.59. The van der Waals surface area contributed by atoms with Gasteiger partial charge < -0.3 is 5.32 Å². The number of benzene rings is 3. The van der Waals surface area contributed by atoms with Gasteiger partial charge in [-0.25, -0.2) is 4.98 Å².